The lowest BCUT2D eigenvalue weighted by atomic mass is 9.47. The number of aliphatic hydroxyl groups is 1. The van der Waals surface area contributed by atoms with Crippen LogP contribution in [0.25, 0.3) is 0 Å². The van der Waals surface area contributed by atoms with Crippen molar-refractivity contribution in [2.75, 3.05) is 13.2 Å². The molecule has 4 aliphatic rings. The molecule has 0 heterocycles. The number of benzene rings is 1. The number of rotatable bonds is 6. The molecule has 6 nitrogen and oxygen atoms in total. The van der Waals surface area contributed by atoms with Crippen molar-refractivity contribution in [3.63, 3.8) is 0 Å². The Morgan fingerprint density at radius 2 is 1.89 bits per heavy atom. The number of amides is 1. The number of phenols is 1. The molecular formula is C29H40N2O4. The number of nitrogens with zero attached hydrogens (tertiary/aromatic N) is 1. The number of carbonyl (C=O) groups excluding carboxylic acids is 1. The van der Waals surface area contributed by atoms with Gasteiger partial charge in [-0.25, -0.2) is 0 Å². The maximum atomic E-state index is 12.1. The molecule has 0 unspecified atom stereocenters. The zero-order valence-electron chi connectivity index (χ0n) is 21.1. The molecule has 5 rings (SSSR count). The molecule has 6 heteroatoms. The summed E-state index contributed by atoms with van der Waals surface area (Å²) in [6, 6.07) is 7.00. The molecule has 0 aliphatic heterocycles. The molecule has 1 aromatic carbocycles. The quantitative estimate of drug-likeness (QED) is 0.513. The molecule has 0 aromatic heterocycles. The Balaban J connectivity index is 1.14. The van der Waals surface area contributed by atoms with E-state index in [4.69, 9.17) is 4.84 Å². The Morgan fingerprint density at radius 3 is 2.69 bits per heavy atom. The van der Waals surface area contributed by atoms with Gasteiger partial charge >= 0.3 is 0 Å². The first kappa shape index (κ1) is 24.4. The molecule has 3 N–H and O–H groups in total. The smallest absolute Gasteiger partial charge is 0.260 e. The third-order valence-corrected chi connectivity index (χ3v) is 9.98. The molecule has 0 saturated heterocycles. The van der Waals surface area contributed by atoms with E-state index >= 15 is 0 Å². The van der Waals surface area contributed by atoms with E-state index in [1.54, 1.807) is 12.1 Å². The van der Waals surface area contributed by atoms with Crippen molar-refractivity contribution in [3.8, 4) is 5.75 Å². The lowest BCUT2D eigenvalue weighted by Crippen LogP contribution is -2.51. The minimum atomic E-state index is -0.175. The second-order valence-corrected chi connectivity index (χ2v) is 11.8. The summed E-state index contributed by atoms with van der Waals surface area (Å²) in [5, 5.41) is 27.2. The van der Waals surface area contributed by atoms with Crippen LogP contribution in [0.5, 0.6) is 5.75 Å². The number of aliphatic hydroxyl groups excluding tert-OH is 1. The summed E-state index contributed by atoms with van der Waals surface area (Å²) < 4.78 is 0. The van der Waals surface area contributed by atoms with E-state index in [0.29, 0.717) is 24.8 Å². The van der Waals surface area contributed by atoms with E-state index in [9.17, 15) is 15.0 Å². The highest BCUT2D eigenvalue weighted by molar-refractivity contribution is 5.96. The summed E-state index contributed by atoms with van der Waals surface area (Å²) >= 11 is 0. The number of carbonyl (C=O) groups is 1. The van der Waals surface area contributed by atoms with Gasteiger partial charge < -0.3 is 20.4 Å². The molecule has 35 heavy (non-hydrogen) atoms. The van der Waals surface area contributed by atoms with Crippen LogP contribution >= 0.6 is 0 Å². The fourth-order valence-electron chi connectivity index (χ4n) is 7.85. The number of nitrogens with one attached hydrogen (secondary N) is 1. The molecule has 1 aromatic rings. The number of hydrogen-bond donors (Lipinski definition) is 3. The van der Waals surface area contributed by atoms with E-state index in [1.165, 1.54) is 24.8 Å². The van der Waals surface area contributed by atoms with Gasteiger partial charge in [0.2, 0.25) is 0 Å². The normalized spacial score (nSPS) is 37.1. The van der Waals surface area contributed by atoms with Crippen LogP contribution in [-0.2, 0) is 16.1 Å². The number of allylic oxidation sites excluding steroid dienone is 2. The maximum absolute atomic E-state index is 12.1. The Hall–Kier alpha value is -2.34. The van der Waals surface area contributed by atoms with E-state index in [1.807, 2.05) is 12.1 Å². The minimum absolute atomic E-state index is 0.0766. The van der Waals surface area contributed by atoms with Crippen molar-refractivity contribution in [2.45, 2.75) is 77.7 Å². The number of oxime groups is 1. The zero-order valence-corrected chi connectivity index (χ0v) is 21.1. The van der Waals surface area contributed by atoms with Gasteiger partial charge in [-0.3, -0.25) is 4.79 Å². The van der Waals surface area contributed by atoms with E-state index in [2.05, 4.69) is 30.4 Å². The van der Waals surface area contributed by atoms with Crippen molar-refractivity contribution in [2.24, 2.45) is 33.7 Å². The number of phenolic OH excluding ortho intramolecular Hbond substituents is 1. The molecule has 1 amide bonds. The van der Waals surface area contributed by atoms with E-state index in [-0.39, 0.29) is 35.2 Å². The topological polar surface area (TPSA) is 91.2 Å². The third kappa shape index (κ3) is 4.62. The predicted molar refractivity (Wildman–Crippen MR) is 136 cm³/mol. The lowest BCUT2D eigenvalue weighted by molar-refractivity contribution is -0.125. The van der Waals surface area contributed by atoms with Gasteiger partial charge in [0, 0.05) is 6.54 Å². The lowest BCUT2D eigenvalue weighted by Gasteiger charge is -2.57. The molecule has 4 aliphatic carbocycles. The van der Waals surface area contributed by atoms with Crippen molar-refractivity contribution in [3.05, 3.63) is 41.5 Å². The van der Waals surface area contributed by atoms with Crippen LogP contribution in [0.15, 0.2) is 41.1 Å². The van der Waals surface area contributed by atoms with Crippen LogP contribution in [0.3, 0.4) is 0 Å². The molecule has 0 radical (unpaired) electrons. The van der Waals surface area contributed by atoms with E-state index in [0.717, 1.165) is 49.3 Å². The summed E-state index contributed by atoms with van der Waals surface area (Å²) in [5.41, 5.74) is 3.86. The fraction of sp³-hybridized carbons (Fsp3) is 0.655. The number of fused-ring (bicyclic) bond motifs is 5. The molecular weight excluding hydrogens is 440 g/mol. The molecule has 6 atom stereocenters. The van der Waals surface area contributed by atoms with Gasteiger partial charge in [-0.15, -0.1) is 0 Å². The maximum Gasteiger partial charge on any atom is 0.260 e. The number of hydrogen-bond acceptors (Lipinski definition) is 5. The fourth-order valence-corrected chi connectivity index (χ4v) is 7.85. The summed E-state index contributed by atoms with van der Waals surface area (Å²) in [7, 11) is 0. The summed E-state index contributed by atoms with van der Waals surface area (Å²) in [4.78, 5) is 17.6. The Morgan fingerprint density at radius 1 is 1.09 bits per heavy atom. The van der Waals surface area contributed by atoms with Crippen molar-refractivity contribution in [1.29, 1.82) is 0 Å². The number of aromatic hydroxyl groups is 1. The van der Waals surface area contributed by atoms with Crippen LogP contribution in [-0.4, -0.2) is 41.1 Å². The largest absolute Gasteiger partial charge is 0.508 e. The zero-order chi connectivity index (χ0) is 24.6. The SMILES string of the molecule is C[C@@]12CC[C@H]3[C@@H](CCC4=C/C(=N/OCC(=O)NCCc5ccc(O)cc5)CC[C@@]43C)[C@@H]1CC[C@H]2O. The van der Waals surface area contributed by atoms with Crippen molar-refractivity contribution < 1.29 is 19.8 Å². The molecule has 3 saturated carbocycles. The third-order valence-electron chi connectivity index (χ3n) is 9.98. The van der Waals surface area contributed by atoms with E-state index < -0.39 is 0 Å². The van der Waals surface area contributed by atoms with Crippen molar-refractivity contribution in [1.82, 2.24) is 5.32 Å². The summed E-state index contributed by atoms with van der Waals surface area (Å²) in [6.07, 6.45) is 11.7. The highest BCUT2D eigenvalue weighted by Gasteiger charge is 2.58. The Kier molecular flexibility index (Phi) is 6.69. The van der Waals surface area contributed by atoms with Crippen LogP contribution in [0.2, 0.25) is 0 Å². The standard InChI is InChI=1S/C29H40N2O4/c1-28-14-11-21(31-35-18-27(34)30-16-13-19-3-6-22(32)7-4-19)17-20(28)5-8-23-24-9-10-26(33)29(24,2)15-12-25(23)28/h3-4,6-7,17,23-26,32-33H,5,8-16,18H2,1-2H3,(H,30,34)/b31-21+/t23-,24-,25-,26+,28-,29+/m0/s1. The Labute approximate surface area is 208 Å². The average molecular weight is 481 g/mol. The molecule has 0 bridgehead atoms. The van der Waals surface area contributed by atoms with Gasteiger partial charge in [-0.1, -0.05) is 36.7 Å². The molecule has 3 fully saturated rings. The van der Waals surface area contributed by atoms with Crippen LogP contribution < -0.4 is 5.32 Å². The summed E-state index contributed by atoms with van der Waals surface area (Å²) in [5.74, 6) is 2.17. The minimum Gasteiger partial charge on any atom is -0.508 e. The monoisotopic (exact) mass is 480 g/mol. The predicted octanol–water partition coefficient (Wildman–Crippen LogP) is 4.75. The van der Waals surface area contributed by atoms with Crippen LogP contribution in [0, 0.1) is 28.6 Å². The van der Waals surface area contributed by atoms with Gasteiger partial charge in [0.05, 0.1) is 11.8 Å². The summed E-state index contributed by atoms with van der Waals surface area (Å²) in [6.45, 7) is 5.24. The van der Waals surface area contributed by atoms with Gasteiger partial charge in [0.1, 0.15) is 5.75 Å². The highest BCUT2D eigenvalue weighted by Crippen LogP contribution is 2.65. The highest BCUT2D eigenvalue weighted by atomic mass is 16.6. The first-order valence-electron chi connectivity index (χ1n) is 13.4. The average Bonchev–Trinajstić information content (AvgIpc) is 3.15. The molecule has 0 spiro atoms. The van der Waals surface area contributed by atoms with Crippen LogP contribution in [0.4, 0.5) is 0 Å². The second-order valence-electron chi connectivity index (χ2n) is 11.8. The van der Waals surface area contributed by atoms with Gasteiger partial charge in [-0.2, -0.15) is 0 Å². The second kappa shape index (κ2) is 9.61. The van der Waals surface area contributed by atoms with Gasteiger partial charge in [0.25, 0.3) is 5.91 Å². The first-order chi connectivity index (χ1) is 16.8. The van der Waals surface area contributed by atoms with Crippen LogP contribution in [0.1, 0.15) is 70.8 Å². The van der Waals surface area contributed by atoms with Gasteiger partial charge in [-0.05, 0) is 110 Å². The Bertz CT molecular complexity index is 1000. The first-order valence-corrected chi connectivity index (χ1v) is 13.4. The van der Waals surface area contributed by atoms with Gasteiger partial charge in [0.15, 0.2) is 6.61 Å². The molecule has 190 valence electrons. The van der Waals surface area contributed by atoms with Crippen molar-refractivity contribution >= 4 is 11.6 Å².